The minimum absolute atomic E-state index is 0.175. The average Bonchev–Trinajstić information content (AvgIpc) is 2.11. The van der Waals surface area contributed by atoms with Crippen LogP contribution in [0, 0.1) is 0 Å². The highest BCUT2D eigenvalue weighted by molar-refractivity contribution is 7.91. The summed E-state index contributed by atoms with van der Waals surface area (Å²) in [6.45, 7) is 8.39. The van der Waals surface area contributed by atoms with Gasteiger partial charge >= 0.3 is 0 Å². The number of rotatable bonds is 7. The van der Waals surface area contributed by atoms with E-state index in [9.17, 15) is 13.5 Å². The molecule has 1 atom stereocenters. The smallest absolute Gasteiger partial charge is 0.151 e. The van der Waals surface area contributed by atoms with Gasteiger partial charge in [0.05, 0.1) is 11.9 Å². The molecule has 0 aromatic rings. The Balaban J connectivity index is 4.19. The van der Waals surface area contributed by atoms with E-state index in [0.717, 1.165) is 0 Å². The van der Waals surface area contributed by atoms with Crippen molar-refractivity contribution >= 4 is 9.84 Å². The summed E-state index contributed by atoms with van der Waals surface area (Å²) < 4.78 is 22.6. The molecule has 1 unspecified atom stereocenters. The lowest BCUT2D eigenvalue weighted by atomic mass is 10.3. The van der Waals surface area contributed by atoms with Gasteiger partial charge in [-0.3, -0.25) is 4.90 Å². The SMILES string of the molecule is CCS(=O)(=O)CCN(CC(C)O)C(C)C. The van der Waals surface area contributed by atoms with E-state index in [-0.39, 0.29) is 17.5 Å². The lowest BCUT2D eigenvalue weighted by Gasteiger charge is -2.27. The van der Waals surface area contributed by atoms with Crippen LogP contribution in [0.2, 0.25) is 0 Å². The van der Waals surface area contributed by atoms with Gasteiger partial charge in [0.15, 0.2) is 9.84 Å². The fourth-order valence-electron chi connectivity index (χ4n) is 1.30. The van der Waals surface area contributed by atoms with E-state index in [4.69, 9.17) is 0 Å². The van der Waals surface area contributed by atoms with Crippen LogP contribution in [0.4, 0.5) is 0 Å². The van der Waals surface area contributed by atoms with Gasteiger partial charge in [0.2, 0.25) is 0 Å². The Morgan fingerprint density at radius 2 is 1.80 bits per heavy atom. The molecule has 92 valence electrons. The van der Waals surface area contributed by atoms with Crippen molar-refractivity contribution in [2.24, 2.45) is 0 Å². The van der Waals surface area contributed by atoms with E-state index in [2.05, 4.69) is 0 Å². The fourth-order valence-corrected chi connectivity index (χ4v) is 2.10. The molecule has 0 bridgehead atoms. The van der Waals surface area contributed by atoms with E-state index in [0.29, 0.717) is 13.1 Å². The van der Waals surface area contributed by atoms with Crippen molar-refractivity contribution in [1.82, 2.24) is 4.90 Å². The zero-order valence-electron chi connectivity index (χ0n) is 10.1. The number of aliphatic hydroxyl groups is 1. The quantitative estimate of drug-likeness (QED) is 0.701. The summed E-state index contributed by atoms with van der Waals surface area (Å²) >= 11 is 0. The average molecular weight is 237 g/mol. The Morgan fingerprint density at radius 1 is 1.27 bits per heavy atom. The predicted octanol–water partition coefficient (Wildman–Crippen LogP) is 0.512. The maximum Gasteiger partial charge on any atom is 0.151 e. The van der Waals surface area contributed by atoms with E-state index < -0.39 is 15.9 Å². The summed E-state index contributed by atoms with van der Waals surface area (Å²) in [5.41, 5.74) is 0. The Kier molecular flexibility index (Phi) is 6.40. The normalized spacial score (nSPS) is 14.9. The number of aliphatic hydroxyl groups excluding tert-OH is 1. The molecule has 0 radical (unpaired) electrons. The van der Waals surface area contributed by atoms with Crippen molar-refractivity contribution in [1.29, 1.82) is 0 Å². The monoisotopic (exact) mass is 237 g/mol. The molecule has 0 rings (SSSR count). The highest BCUT2D eigenvalue weighted by atomic mass is 32.2. The van der Waals surface area contributed by atoms with Crippen LogP contribution >= 0.6 is 0 Å². The van der Waals surface area contributed by atoms with Gasteiger partial charge in [-0.25, -0.2) is 8.42 Å². The van der Waals surface area contributed by atoms with Gasteiger partial charge < -0.3 is 5.11 Å². The van der Waals surface area contributed by atoms with Gasteiger partial charge in [0, 0.05) is 24.9 Å². The van der Waals surface area contributed by atoms with E-state index >= 15 is 0 Å². The van der Waals surface area contributed by atoms with Crippen LogP contribution in [0.3, 0.4) is 0 Å². The van der Waals surface area contributed by atoms with Crippen molar-refractivity contribution < 1.29 is 13.5 Å². The van der Waals surface area contributed by atoms with E-state index in [1.165, 1.54) is 0 Å². The summed E-state index contributed by atoms with van der Waals surface area (Å²) in [6, 6.07) is 0.256. The minimum Gasteiger partial charge on any atom is -0.392 e. The van der Waals surface area contributed by atoms with Crippen molar-refractivity contribution in [2.45, 2.75) is 39.8 Å². The summed E-state index contributed by atoms with van der Waals surface area (Å²) in [5.74, 6) is 0.363. The van der Waals surface area contributed by atoms with Crippen LogP contribution in [-0.2, 0) is 9.84 Å². The second kappa shape index (κ2) is 6.45. The third-order valence-electron chi connectivity index (χ3n) is 2.36. The van der Waals surface area contributed by atoms with Crippen LogP contribution in [0.25, 0.3) is 0 Å². The summed E-state index contributed by atoms with van der Waals surface area (Å²) in [7, 11) is -2.91. The zero-order chi connectivity index (χ0) is 12.1. The van der Waals surface area contributed by atoms with Gasteiger partial charge in [-0.05, 0) is 20.8 Å². The van der Waals surface area contributed by atoms with Gasteiger partial charge in [0.25, 0.3) is 0 Å². The molecule has 0 spiro atoms. The first kappa shape index (κ1) is 14.9. The molecule has 0 aliphatic carbocycles. The lowest BCUT2D eigenvalue weighted by molar-refractivity contribution is 0.112. The first-order valence-electron chi connectivity index (χ1n) is 5.41. The van der Waals surface area contributed by atoms with E-state index in [1.807, 2.05) is 18.7 Å². The highest BCUT2D eigenvalue weighted by Crippen LogP contribution is 2.01. The Labute approximate surface area is 93.2 Å². The molecular weight excluding hydrogens is 214 g/mol. The fraction of sp³-hybridized carbons (Fsp3) is 1.00. The first-order valence-corrected chi connectivity index (χ1v) is 7.23. The standard InChI is InChI=1S/C10H23NO3S/c1-5-15(13,14)7-6-11(9(2)3)8-10(4)12/h9-10,12H,5-8H2,1-4H3. The summed E-state index contributed by atoms with van der Waals surface area (Å²) in [5, 5.41) is 9.27. The molecule has 0 aromatic heterocycles. The maximum absolute atomic E-state index is 11.3. The third kappa shape index (κ3) is 6.87. The summed E-state index contributed by atoms with van der Waals surface area (Å²) in [4.78, 5) is 1.98. The van der Waals surface area contributed by atoms with Gasteiger partial charge in [-0.15, -0.1) is 0 Å². The number of sulfone groups is 1. The molecule has 1 N–H and O–H groups in total. The van der Waals surface area contributed by atoms with Crippen molar-refractivity contribution in [3.05, 3.63) is 0 Å². The van der Waals surface area contributed by atoms with Gasteiger partial charge in [0.1, 0.15) is 0 Å². The molecule has 0 heterocycles. The third-order valence-corrected chi connectivity index (χ3v) is 4.04. The molecule has 0 fully saturated rings. The number of hydrogen-bond acceptors (Lipinski definition) is 4. The molecule has 5 heteroatoms. The van der Waals surface area contributed by atoms with Crippen LogP contribution < -0.4 is 0 Å². The van der Waals surface area contributed by atoms with E-state index in [1.54, 1.807) is 13.8 Å². The zero-order valence-corrected chi connectivity index (χ0v) is 10.9. The van der Waals surface area contributed by atoms with Crippen molar-refractivity contribution in [3.8, 4) is 0 Å². The van der Waals surface area contributed by atoms with Crippen LogP contribution in [0.1, 0.15) is 27.7 Å². The molecule has 0 aliphatic heterocycles. The van der Waals surface area contributed by atoms with Crippen molar-refractivity contribution in [3.63, 3.8) is 0 Å². The molecular formula is C10H23NO3S. The molecule has 15 heavy (non-hydrogen) atoms. The number of nitrogens with zero attached hydrogens (tertiary/aromatic N) is 1. The van der Waals surface area contributed by atoms with Crippen LogP contribution in [0.15, 0.2) is 0 Å². The highest BCUT2D eigenvalue weighted by Gasteiger charge is 2.15. The molecule has 0 saturated heterocycles. The van der Waals surface area contributed by atoms with Crippen LogP contribution in [-0.4, -0.2) is 55.2 Å². The molecule has 0 saturated carbocycles. The number of hydrogen-bond donors (Lipinski definition) is 1. The summed E-state index contributed by atoms with van der Waals surface area (Å²) in [6.07, 6.45) is -0.420. The first-order chi connectivity index (χ1) is 6.78. The molecule has 0 aliphatic rings. The molecule has 0 amide bonds. The second-order valence-electron chi connectivity index (χ2n) is 4.17. The Hall–Kier alpha value is -0.130. The minimum atomic E-state index is -2.91. The molecule has 4 nitrogen and oxygen atoms in total. The largest absolute Gasteiger partial charge is 0.392 e. The van der Waals surface area contributed by atoms with Crippen LogP contribution in [0.5, 0.6) is 0 Å². The van der Waals surface area contributed by atoms with Gasteiger partial charge in [-0.2, -0.15) is 0 Å². The van der Waals surface area contributed by atoms with Crippen molar-refractivity contribution in [2.75, 3.05) is 24.6 Å². The topological polar surface area (TPSA) is 57.6 Å². The van der Waals surface area contributed by atoms with Gasteiger partial charge in [-0.1, -0.05) is 6.92 Å². The Bertz CT molecular complexity index is 260. The Morgan fingerprint density at radius 3 is 2.13 bits per heavy atom. The predicted molar refractivity (Wildman–Crippen MR) is 62.7 cm³/mol. The maximum atomic E-state index is 11.3. The lowest BCUT2D eigenvalue weighted by Crippen LogP contribution is -2.39. The molecule has 0 aromatic carbocycles. The second-order valence-corrected chi connectivity index (χ2v) is 6.65.